The summed E-state index contributed by atoms with van der Waals surface area (Å²) in [7, 11) is -3.95. The number of hydrogen-bond donors (Lipinski definition) is 1. The molecule has 0 amide bonds. The molecule has 0 aliphatic heterocycles. The van der Waals surface area contributed by atoms with Crippen LogP contribution < -0.4 is 4.72 Å². The van der Waals surface area contributed by atoms with Gasteiger partial charge in [0.2, 0.25) is 0 Å². The number of sulfonamides is 1. The molecule has 2 heterocycles. The number of rotatable bonds is 5. The Bertz CT molecular complexity index is 1190. The van der Waals surface area contributed by atoms with Crippen molar-refractivity contribution < 1.29 is 13.0 Å². The van der Waals surface area contributed by atoms with Gasteiger partial charge < -0.3 is 0 Å². The van der Waals surface area contributed by atoms with Crippen molar-refractivity contribution in [3.05, 3.63) is 59.4 Å². The largest absolute Gasteiger partial charge is 0.266 e. The average Bonchev–Trinajstić information content (AvgIpc) is 3.23. The molecule has 0 unspecified atom stereocenters. The van der Waals surface area contributed by atoms with Crippen molar-refractivity contribution in [2.75, 3.05) is 4.72 Å². The van der Waals surface area contributed by atoms with Crippen LogP contribution in [0, 0.1) is 0 Å². The van der Waals surface area contributed by atoms with Gasteiger partial charge >= 0.3 is 0 Å². The zero-order chi connectivity index (χ0) is 18.1. The molecule has 0 radical (unpaired) electrons. The third-order valence-corrected chi connectivity index (χ3v) is 5.13. The molecule has 4 aromatic rings. The lowest BCUT2D eigenvalue weighted by atomic mass is 10.2. The summed E-state index contributed by atoms with van der Waals surface area (Å²) < 4.78 is 33.6. The van der Waals surface area contributed by atoms with E-state index in [0.29, 0.717) is 17.1 Å². The second kappa shape index (κ2) is 6.39. The number of hydrogen-bond acceptors (Lipinski definition) is 7. The fourth-order valence-corrected chi connectivity index (χ4v) is 3.72. The number of nitrogens with zero attached hydrogens (tertiary/aromatic N) is 5. The van der Waals surface area contributed by atoms with E-state index in [2.05, 4.69) is 29.7 Å². The molecule has 2 aromatic heterocycles. The fourth-order valence-electron chi connectivity index (χ4n) is 2.41. The molecule has 11 heteroatoms. The summed E-state index contributed by atoms with van der Waals surface area (Å²) in [6.45, 7) is 0.401. The minimum absolute atomic E-state index is 0.0551. The first-order chi connectivity index (χ1) is 12.5. The van der Waals surface area contributed by atoms with Crippen LogP contribution >= 0.6 is 11.6 Å². The molecule has 4 rings (SSSR count). The standard InChI is InChI=1S/C15H11ClN6O3S/c16-11-4-1-3-10(7-11)8-22-9-17-15(18-22)21-26(23,24)13-6-2-5-12-14(13)20-25-19-12/h1-7,9H,8H2,(H,18,21). The van der Waals surface area contributed by atoms with E-state index >= 15 is 0 Å². The van der Waals surface area contributed by atoms with Crippen molar-refractivity contribution >= 4 is 38.6 Å². The van der Waals surface area contributed by atoms with Gasteiger partial charge in [0, 0.05) is 5.02 Å². The fraction of sp³-hybridized carbons (Fsp3) is 0.0667. The number of aromatic nitrogens is 5. The van der Waals surface area contributed by atoms with Crippen molar-refractivity contribution in [1.29, 1.82) is 0 Å². The Morgan fingerprint density at radius 3 is 2.85 bits per heavy atom. The monoisotopic (exact) mass is 390 g/mol. The predicted molar refractivity (Wildman–Crippen MR) is 93.2 cm³/mol. The minimum atomic E-state index is -3.95. The van der Waals surface area contributed by atoms with E-state index in [1.807, 2.05) is 12.1 Å². The van der Waals surface area contributed by atoms with Crippen LogP contribution in [0.15, 0.2) is 58.3 Å². The van der Waals surface area contributed by atoms with Crippen LogP contribution in [0.25, 0.3) is 11.0 Å². The minimum Gasteiger partial charge on any atom is -0.246 e. The Hall–Kier alpha value is -2.98. The average molecular weight is 391 g/mol. The van der Waals surface area contributed by atoms with Crippen LogP contribution in [-0.4, -0.2) is 33.5 Å². The summed E-state index contributed by atoms with van der Waals surface area (Å²) in [6.07, 6.45) is 1.43. The van der Waals surface area contributed by atoms with E-state index in [-0.39, 0.29) is 16.4 Å². The third kappa shape index (κ3) is 3.24. The number of nitrogens with one attached hydrogen (secondary N) is 1. The second-order valence-corrected chi connectivity index (χ2v) is 7.48. The zero-order valence-electron chi connectivity index (χ0n) is 13.1. The smallest absolute Gasteiger partial charge is 0.246 e. The normalized spacial score (nSPS) is 11.7. The van der Waals surface area contributed by atoms with Gasteiger partial charge in [-0.2, -0.15) is 4.98 Å². The maximum absolute atomic E-state index is 12.6. The molecule has 9 nitrogen and oxygen atoms in total. The first kappa shape index (κ1) is 16.5. The lowest BCUT2D eigenvalue weighted by molar-refractivity contribution is 0.315. The molecule has 26 heavy (non-hydrogen) atoms. The van der Waals surface area contributed by atoms with E-state index in [0.717, 1.165) is 5.56 Å². The molecule has 0 fully saturated rings. The molecule has 0 aliphatic rings. The van der Waals surface area contributed by atoms with Gasteiger partial charge in [0.1, 0.15) is 16.7 Å². The summed E-state index contributed by atoms with van der Waals surface area (Å²) in [5.74, 6) is -0.0551. The van der Waals surface area contributed by atoms with Gasteiger partial charge in [-0.3, -0.25) is 0 Å². The molecule has 1 N–H and O–H groups in total. The van der Waals surface area contributed by atoms with Gasteiger partial charge in [0.05, 0.1) is 6.54 Å². The number of fused-ring (bicyclic) bond motifs is 1. The molecular weight excluding hydrogens is 380 g/mol. The highest BCUT2D eigenvalue weighted by molar-refractivity contribution is 7.93. The van der Waals surface area contributed by atoms with Crippen LogP contribution in [0.3, 0.4) is 0 Å². The lowest BCUT2D eigenvalue weighted by Gasteiger charge is -2.04. The topological polar surface area (TPSA) is 116 Å². The molecule has 0 atom stereocenters. The molecule has 2 aromatic carbocycles. The lowest BCUT2D eigenvalue weighted by Crippen LogP contribution is -2.15. The molecule has 132 valence electrons. The Labute approximate surface area is 152 Å². The van der Waals surface area contributed by atoms with Gasteiger partial charge in [-0.25, -0.2) is 22.5 Å². The maximum Gasteiger partial charge on any atom is 0.266 e. The van der Waals surface area contributed by atoms with Gasteiger partial charge in [-0.1, -0.05) is 29.8 Å². The third-order valence-electron chi connectivity index (χ3n) is 3.53. The van der Waals surface area contributed by atoms with E-state index in [9.17, 15) is 8.42 Å². The molecule has 0 aliphatic carbocycles. The first-order valence-corrected chi connectivity index (χ1v) is 9.25. The second-order valence-electron chi connectivity index (χ2n) is 5.39. The summed E-state index contributed by atoms with van der Waals surface area (Å²) in [6, 6.07) is 11.8. The highest BCUT2D eigenvalue weighted by atomic mass is 35.5. The van der Waals surface area contributed by atoms with Crippen LogP contribution in [0.5, 0.6) is 0 Å². The molecule has 0 saturated heterocycles. The van der Waals surface area contributed by atoms with Gasteiger partial charge in [-0.05, 0) is 40.1 Å². The van der Waals surface area contributed by atoms with Crippen LogP contribution in [0.2, 0.25) is 5.02 Å². The zero-order valence-corrected chi connectivity index (χ0v) is 14.6. The van der Waals surface area contributed by atoms with Gasteiger partial charge in [-0.15, -0.1) is 5.10 Å². The summed E-state index contributed by atoms with van der Waals surface area (Å²) in [5, 5.41) is 12.0. The number of halogens is 1. The highest BCUT2D eigenvalue weighted by Crippen LogP contribution is 2.21. The number of anilines is 1. The number of benzene rings is 2. The predicted octanol–water partition coefficient (Wildman–Crippen LogP) is 2.32. The Kier molecular flexibility index (Phi) is 4.05. The Morgan fingerprint density at radius 2 is 2.00 bits per heavy atom. The van der Waals surface area contributed by atoms with Crippen molar-refractivity contribution in [2.45, 2.75) is 11.4 Å². The first-order valence-electron chi connectivity index (χ1n) is 7.39. The Balaban J connectivity index is 1.57. The molecule has 0 saturated carbocycles. The molecule has 0 bridgehead atoms. The SMILES string of the molecule is O=S(=O)(Nc1ncn(Cc2cccc(Cl)c2)n1)c1cccc2nonc12. The van der Waals surface area contributed by atoms with Gasteiger partial charge in [0.25, 0.3) is 16.0 Å². The van der Waals surface area contributed by atoms with Gasteiger partial charge in [0.15, 0.2) is 5.52 Å². The maximum atomic E-state index is 12.6. The van der Waals surface area contributed by atoms with E-state index in [1.54, 1.807) is 24.3 Å². The molecular formula is C15H11ClN6O3S. The van der Waals surface area contributed by atoms with Crippen molar-refractivity contribution in [2.24, 2.45) is 0 Å². The molecule has 0 spiro atoms. The van der Waals surface area contributed by atoms with Crippen LogP contribution in [-0.2, 0) is 16.6 Å². The van der Waals surface area contributed by atoms with E-state index in [1.165, 1.54) is 17.1 Å². The Morgan fingerprint density at radius 1 is 1.15 bits per heavy atom. The highest BCUT2D eigenvalue weighted by Gasteiger charge is 2.22. The van der Waals surface area contributed by atoms with Crippen molar-refractivity contribution in [3.63, 3.8) is 0 Å². The quantitative estimate of drug-likeness (QED) is 0.555. The van der Waals surface area contributed by atoms with E-state index in [4.69, 9.17) is 11.6 Å². The van der Waals surface area contributed by atoms with Crippen LogP contribution in [0.4, 0.5) is 5.95 Å². The summed E-state index contributed by atoms with van der Waals surface area (Å²) >= 11 is 5.95. The van der Waals surface area contributed by atoms with Crippen LogP contribution in [0.1, 0.15) is 5.56 Å². The van der Waals surface area contributed by atoms with Crippen molar-refractivity contribution in [3.8, 4) is 0 Å². The van der Waals surface area contributed by atoms with E-state index < -0.39 is 10.0 Å². The summed E-state index contributed by atoms with van der Waals surface area (Å²) in [4.78, 5) is 3.92. The van der Waals surface area contributed by atoms with Crippen molar-refractivity contribution in [1.82, 2.24) is 25.1 Å². The summed E-state index contributed by atoms with van der Waals surface area (Å²) in [5.41, 5.74) is 1.39.